The Labute approximate surface area is 130 Å². The van der Waals surface area contributed by atoms with Gasteiger partial charge >= 0.3 is 66.9 Å². The van der Waals surface area contributed by atoms with Gasteiger partial charge in [0.2, 0.25) is 0 Å². The molecule has 0 heterocycles. The fraction of sp³-hybridized carbons (Fsp3) is 1.00. The summed E-state index contributed by atoms with van der Waals surface area (Å²) in [5.41, 5.74) is 0. The van der Waals surface area contributed by atoms with Crippen LogP contribution in [0.15, 0.2) is 0 Å². The van der Waals surface area contributed by atoms with Crippen LogP contribution < -0.4 is 65.3 Å². The molecule has 0 fully saturated rings. The summed E-state index contributed by atoms with van der Waals surface area (Å²) in [4.78, 5) is 16.3. The molecule has 0 aliphatic heterocycles. The minimum atomic E-state index is -4.25. The molecule has 5 nitrogen and oxygen atoms in total. The second-order valence-electron chi connectivity index (χ2n) is 1.72. The number of halogens is 1. The van der Waals surface area contributed by atoms with Crippen LogP contribution in [0, 0.1) is 0 Å². The number of alkyl halides is 1. The molecule has 0 saturated carbocycles. The number of hydrogen-bond donors (Lipinski definition) is 3. The van der Waals surface area contributed by atoms with E-state index in [0.29, 0.717) is 18.7 Å². The van der Waals surface area contributed by atoms with E-state index < -0.39 is 7.82 Å². The molecule has 0 aromatic rings. The molecule has 9 heteroatoms. The van der Waals surface area contributed by atoms with E-state index in [9.17, 15) is 4.57 Å². The molecule has 0 amide bonds. The SMILES string of the molecule is N.O=P(O)(O)OCCCCCl.[H-].[H-].[Na+].[Na+]. The number of phosphoric acid groups is 1. The first-order valence-electron chi connectivity index (χ1n) is 2.82. The van der Waals surface area contributed by atoms with Crippen LogP contribution in [0.2, 0.25) is 0 Å². The summed E-state index contributed by atoms with van der Waals surface area (Å²) in [6.07, 6.45) is 1.29. The van der Waals surface area contributed by atoms with Crippen molar-refractivity contribution < 1.29 is 80.8 Å². The maximum atomic E-state index is 10.0. The van der Waals surface area contributed by atoms with Crippen molar-refractivity contribution in [3.63, 3.8) is 0 Å². The topological polar surface area (TPSA) is 102 Å². The van der Waals surface area contributed by atoms with Gasteiger partial charge < -0.3 is 18.8 Å². The molecule has 5 N–H and O–H groups in total. The van der Waals surface area contributed by atoms with Crippen LogP contribution in [0.25, 0.3) is 0 Å². The molecule has 0 radical (unpaired) electrons. The molecule has 13 heavy (non-hydrogen) atoms. The van der Waals surface area contributed by atoms with Crippen LogP contribution in [0.4, 0.5) is 0 Å². The van der Waals surface area contributed by atoms with Gasteiger partial charge in [0.25, 0.3) is 0 Å². The van der Waals surface area contributed by atoms with Gasteiger partial charge in [-0.2, -0.15) is 0 Å². The van der Waals surface area contributed by atoms with E-state index in [1.54, 1.807) is 0 Å². The van der Waals surface area contributed by atoms with Gasteiger partial charge in [0.1, 0.15) is 0 Å². The van der Waals surface area contributed by atoms with E-state index in [4.69, 9.17) is 21.4 Å². The van der Waals surface area contributed by atoms with Crippen molar-refractivity contribution in [2.45, 2.75) is 12.8 Å². The van der Waals surface area contributed by atoms with Crippen LogP contribution in [-0.2, 0) is 9.09 Å². The molecular weight excluding hydrogens is 238 g/mol. The fourth-order valence-corrected chi connectivity index (χ4v) is 0.936. The first-order valence-corrected chi connectivity index (χ1v) is 4.89. The first kappa shape index (κ1) is 24.5. The smallest absolute Gasteiger partial charge is 1.00 e. The van der Waals surface area contributed by atoms with Gasteiger partial charge in [0, 0.05) is 5.88 Å². The van der Waals surface area contributed by atoms with Crippen LogP contribution in [-0.4, -0.2) is 22.3 Å². The van der Waals surface area contributed by atoms with E-state index in [1.165, 1.54) is 0 Å². The Hall–Kier alpha value is 2.36. The standard InChI is InChI=1S/C4H10ClO4P.H3N.2Na.2H/c5-3-1-2-4-9-10(6,7)8;;;;;/h1-4H2,(H2,6,7,8);1H3;;;;/q;;2*+1;2*-1. The molecule has 0 atom stereocenters. The average molecular weight is 254 g/mol. The van der Waals surface area contributed by atoms with E-state index in [0.717, 1.165) is 0 Å². The summed E-state index contributed by atoms with van der Waals surface area (Å²) in [5, 5.41) is 0. The van der Waals surface area contributed by atoms with E-state index >= 15 is 0 Å². The third kappa shape index (κ3) is 25.0. The molecule has 0 aromatic carbocycles. The van der Waals surface area contributed by atoms with Crippen LogP contribution >= 0.6 is 19.4 Å². The minimum Gasteiger partial charge on any atom is -1.00 e. The normalized spacial score (nSPS) is 9.15. The van der Waals surface area contributed by atoms with Crippen molar-refractivity contribution in [2.75, 3.05) is 12.5 Å². The Morgan fingerprint density at radius 3 is 2.08 bits per heavy atom. The molecule has 0 aliphatic rings. The van der Waals surface area contributed by atoms with Gasteiger partial charge in [-0.05, 0) is 12.8 Å². The van der Waals surface area contributed by atoms with Crippen molar-refractivity contribution in [1.82, 2.24) is 6.15 Å². The Morgan fingerprint density at radius 1 is 1.31 bits per heavy atom. The van der Waals surface area contributed by atoms with Crippen molar-refractivity contribution in [3.8, 4) is 0 Å². The summed E-state index contributed by atoms with van der Waals surface area (Å²) < 4.78 is 14.2. The van der Waals surface area contributed by atoms with Crippen LogP contribution in [0.3, 0.4) is 0 Å². The summed E-state index contributed by atoms with van der Waals surface area (Å²) in [6, 6.07) is 0. The molecule has 0 spiro atoms. The maximum Gasteiger partial charge on any atom is 1.00 e. The van der Waals surface area contributed by atoms with Crippen LogP contribution in [0.5, 0.6) is 0 Å². The van der Waals surface area contributed by atoms with Crippen molar-refractivity contribution in [2.24, 2.45) is 0 Å². The molecule has 0 rings (SSSR count). The van der Waals surface area contributed by atoms with Crippen molar-refractivity contribution >= 4 is 19.4 Å². The number of phosphoric ester groups is 1. The summed E-state index contributed by atoms with van der Waals surface area (Å²) >= 11 is 5.30. The molecule has 0 unspecified atom stereocenters. The van der Waals surface area contributed by atoms with Gasteiger partial charge in [-0.3, -0.25) is 4.52 Å². The largest absolute Gasteiger partial charge is 1.00 e. The number of hydrogen-bond acceptors (Lipinski definition) is 3. The predicted octanol–water partition coefficient (Wildman–Crippen LogP) is -4.49. The van der Waals surface area contributed by atoms with Crippen molar-refractivity contribution in [3.05, 3.63) is 0 Å². The van der Waals surface area contributed by atoms with E-state index in [1.807, 2.05) is 0 Å². The van der Waals surface area contributed by atoms with Gasteiger partial charge in [-0.15, -0.1) is 11.6 Å². The van der Waals surface area contributed by atoms with Gasteiger partial charge in [0.05, 0.1) is 6.61 Å². The quantitative estimate of drug-likeness (QED) is 0.198. The Kier molecular flexibility index (Phi) is 27.1. The minimum absolute atomic E-state index is 0. The Bertz CT molecular complexity index is 144. The average Bonchev–Trinajstić information content (AvgIpc) is 1.78. The van der Waals surface area contributed by atoms with Crippen LogP contribution in [0.1, 0.15) is 15.7 Å². The second kappa shape index (κ2) is 14.4. The summed E-state index contributed by atoms with van der Waals surface area (Å²) in [5.74, 6) is 0.491. The molecule has 0 aliphatic carbocycles. The molecule has 0 aromatic heterocycles. The summed E-state index contributed by atoms with van der Waals surface area (Å²) in [7, 11) is -4.25. The zero-order valence-corrected chi connectivity index (χ0v) is 13.7. The molecule has 74 valence electrons. The molecule has 0 bridgehead atoms. The number of rotatable bonds is 5. The predicted molar refractivity (Wildman–Crippen MR) is 45.2 cm³/mol. The molecular formula is C4H15ClNNa2O4P. The Balaban J connectivity index is -0.0000000405. The Morgan fingerprint density at radius 2 is 1.77 bits per heavy atom. The van der Waals surface area contributed by atoms with Gasteiger partial charge in [0.15, 0.2) is 0 Å². The van der Waals surface area contributed by atoms with E-state index in [2.05, 4.69) is 4.52 Å². The monoisotopic (exact) mass is 253 g/mol. The molecule has 0 saturated heterocycles. The maximum absolute atomic E-state index is 10.0. The third-order valence-electron chi connectivity index (χ3n) is 0.787. The third-order valence-corrected chi connectivity index (χ3v) is 1.57. The first-order chi connectivity index (χ1) is 4.56. The summed E-state index contributed by atoms with van der Waals surface area (Å²) in [6.45, 7) is 0.0665. The fourth-order valence-electron chi connectivity index (χ4n) is 0.380. The van der Waals surface area contributed by atoms with Gasteiger partial charge in [-0.1, -0.05) is 0 Å². The van der Waals surface area contributed by atoms with Crippen molar-refractivity contribution in [1.29, 1.82) is 0 Å². The zero-order chi connectivity index (χ0) is 8.04. The number of unbranched alkanes of at least 4 members (excludes halogenated alkanes) is 1. The zero-order valence-electron chi connectivity index (χ0n) is 10.1. The van der Waals surface area contributed by atoms with Gasteiger partial charge in [-0.25, -0.2) is 4.57 Å². The van der Waals surface area contributed by atoms with E-state index in [-0.39, 0.29) is 74.7 Å². The second-order valence-corrected chi connectivity index (χ2v) is 3.34.